The van der Waals surface area contributed by atoms with Crippen LogP contribution in [0.1, 0.15) is 31.3 Å². The van der Waals surface area contributed by atoms with Crippen molar-refractivity contribution in [1.82, 2.24) is 4.98 Å². The first kappa shape index (κ1) is 20.3. The number of carbonyl (C=O) groups is 2. The maximum absolute atomic E-state index is 12.8. The summed E-state index contributed by atoms with van der Waals surface area (Å²) in [6, 6.07) is 10.5. The number of hydrogen-bond donors (Lipinski definition) is 2. The van der Waals surface area contributed by atoms with Gasteiger partial charge in [0.25, 0.3) is 5.91 Å². The molecule has 1 aromatic heterocycles. The van der Waals surface area contributed by atoms with E-state index in [0.717, 1.165) is 5.56 Å². The van der Waals surface area contributed by atoms with E-state index in [9.17, 15) is 9.59 Å². The summed E-state index contributed by atoms with van der Waals surface area (Å²) in [5, 5.41) is 3.55. The number of amides is 2. The SMILES string of the molecule is COc1ccc(-c2nc(C)c(C(=O)Nc3ccc(C(N)=O)c(C)c3)s2)cc1OC. The summed E-state index contributed by atoms with van der Waals surface area (Å²) in [5.41, 5.74) is 8.48. The number of anilines is 1. The number of benzene rings is 2. The van der Waals surface area contributed by atoms with Crippen molar-refractivity contribution in [3.05, 3.63) is 58.1 Å². The molecular formula is C21H21N3O4S. The fourth-order valence-electron chi connectivity index (χ4n) is 2.91. The third kappa shape index (κ3) is 4.22. The number of primary amides is 1. The van der Waals surface area contributed by atoms with Gasteiger partial charge in [-0.3, -0.25) is 9.59 Å². The molecule has 0 saturated carbocycles. The Morgan fingerprint density at radius 1 is 1.03 bits per heavy atom. The van der Waals surface area contributed by atoms with Crippen LogP contribution in [0.5, 0.6) is 11.5 Å². The fraction of sp³-hybridized carbons (Fsp3) is 0.190. The molecule has 0 unspecified atom stereocenters. The molecule has 3 N–H and O–H groups in total. The summed E-state index contributed by atoms with van der Waals surface area (Å²) in [4.78, 5) is 29.1. The van der Waals surface area contributed by atoms with Gasteiger partial charge in [0.1, 0.15) is 9.88 Å². The Bertz CT molecular complexity index is 1090. The van der Waals surface area contributed by atoms with Gasteiger partial charge in [-0.25, -0.2) is 4.98 Å². The van der Waals surface area contributed by atoms with E-state index >= 15 is 0 Å². The Labute approximate surface area is 172 Å². The first-order valence-corrected chi connectivity index (χ1v) is 9.57. The van der Waals surface area contributed by atoms with Crippen molar-refractivity contribution in [2.24, 2.45) is 5.73 Å². The molecular weight excluding hydrogens is 390 g/mol. The monoisotopic (exact) mass is 411 g/mol. The molecule has 3 aromatic rings. The van der Waals surface area contributed by atoms with E-state index in [1.54, 1.807) is 52.3 Å². The van der Waals surface area contributed by atoms with Crippen LogP contribution in [0.2, 0.25) is 0 Å². The van der Waals surface area contributed by atoms with Gasteiger partial charge in [0, 0.05) is 16.8 Å². The average molecular weight is 411 g/mol. The van der Waals surface area contributed by atoms with Crippen LogP contribution in [0.3, 0.4) is 0 Å². The third-order valence-corrected chi connectivity index (χ3v) is 5.59. The second-order valence-electron chi connectivity index (χ2n) is 6.35. The zero-order chi connectivity index (χ0) is 21.1. The predicted molar refractivity (Wildman–Crippen MR) is 113 cm³/mol. The third-order valence-electron chi connectivity index (χ3n) is 4.38. The summed E-state index contributed by atoms with van der Waals surface area (Å²) in [6.45, 7) is 3.56. The number of carbonyl (C=O) groups excluding carboxylic acids is 2. The number of aryl methyl sites for hydroxylation is 2. The van der Waals surface area contributed by atoms with Crippen LogP contribution in [-0.2, 0) is 0 Å². The molecule has 0 aliphatic carbocycles. The van der Waals surface area contributed by atoms with Gasteiger partial charge in [0.2, 0.25) is 5.91 Å². The van der Waals surface area contributed by atoms with E-state index < -0.39 is 5.91 Å². The zero-order valence-electron chi connectivity index (χ0n) is 16.5. The molecule has 0 bridgehead atoms. The molecule has 8 heteroatoms. The van der Waals surface area contributed by atoms with Gasteiger partial charge < -0.3 is 20.5 Å². The minimum absolute atomic E-state index is 0.266. The highest BCUT2D eigenvalue weighted by Crippen LogP contribution is 2.35. The first-order valence-electron chi connectivity index (χ1n) is 8.75. The van der Waals surface area contributed by atoms with Crippen molar-refractivity contribution in [3.8, 4) is 22.1 Å². The van der Waals surface area contributed by atoms with Gasteiger partial charge in [0.15, 0.2) is 11.5 Å². The van der Waals surface area contributed by atoms with E-state index in [2.05, 4.69) is 10.3 Å². The molecule has 0 spiro atoms. The number of thiazole rings is 1. The van der Waals surface area contributed by atoms with Crippen LogP contribution in [0.25, 0.3) is 10.6 Å². The average Bonchev–Trinajstić information content (AvgIpc) is 3.09. The Kier molecular flexibility index (Phi) is 5.84. The van der Waals surface area contributed by atoms with Crippen molar-refractivity contribution in [2.45, 2.75) is 13.8 Å². The normalized spacial score (nSPS) is 10.5. The largest absolute Gasteiger partial charge is 0.493 e. The maximum atomic E-state index is 12.8. The number of hydrogen-bond acceptors (Lipinski definition) is 6. The zero-order valence-corrected chi connectivity index (χ0v) is 17.3. The van der Waals surface area contributed by atoms with Gasteiger partial charge in [-0.05, 0) is 55.8 Å². The number of nitrogens with zero attached hydrogens (tertiary/aromatic N) is 1. The van der Waals surface area contributed by atoms with E-state index in [0.29, 0.717) is 43.9 Å². The molecule has 0 aliphatic rings. The van der Waals surface area contributed by atoms with Gasteiger partial charge in [0.05, 0.1) is 19.9 Å². The highest BCUT2D eigenvalue weighted by atomic mass is 32.1. The smallest absolute Gasteiger partial charge is 0.267 e. The Hall–Kier alpha value is -3.39. The number of aromatic nitrogens is 1. The Morgan fingerprint density at radius 3 is 2.38 bits per heavy atom. The molecule has 29 heavy (non-hydrogen) atoms. The first-order chi connectivity index (χ1) is 13.8. The second-order valence-corrected chi connectivity index (χ2v) is 7.35. The molecule has 0 atom stereocenters. The van der Waals surface area contributed by atoms with Gasteiger partial charge in [-0.2, -0.15) is 0 Å². The minimum atomic E-state index is -0.502. The van der Waals surface area contributed by atoms with Gasteiger partial charge in [-0.1, -0.05) is 0 Å². The molecule has 0 saturated heterocycles. The van der Waals surface area contributed by atoms with Crippen LogP contribution in [0.4, 0.5) is 5.69 Å². The number of nitrogens with two attached hydrogens (primary N) is 1. The summed E-state index contributed by atoms with van der Waals surface area (Å²) in [6.07, 6.45) is 0. The highest BCUT2D eigenvalue weighted by molar-refractivity contribution is 7.17. The summed E-state index contributed by atoms with van der Waals surface area (Å²) in [5.74, 6) is 0.447. The van der Waals surface area contributed by atoms with E-state index in [1.807, 2.05) is 12.1 Å². The lowest BCUT2D eigenvalue weighted by molar-refractivity contribution is 0.0998. The predicted octanol–water partition coefficient (Wildman–Crippen LogP) is 3.80. The van der Waals surface area contributed by atoms with Crippen molar-refractivity contribution >= 4 is 28.8 Å². The molecule has 7 nitrogen and oxygen atoms in total. The van der Waals surface area contributed by atoms with Gasteiger partial charge in [-0.15, -0.1) is 11.3 Å². The summed E-state index contributed by atoms with van der Waals surface area (Å²) < 4.78 is 10.6. The van der Waals surface area contributed by atoms with Gasteiger partial charge >= 0.3 is 0 Å². The second kappa shape index (κ2) is 8.32. The number of nitrogens with one attached hydrogen (secondary N) is 1. The molecule has 1 heterocycles. The van der Waals surface area contributed by atoms with Crippen LogP contribution in [-0.4, -0.2) is 31.0 Å². The molecule has 2 aromatic carbocycles. The molecule has 0 fully saturated rings. The topological polar surface area (TPSA) is 104 Å². The van der Waals surface area contributed by atoms with Crippen LogP contribution < -0.4 is 20.5 Å². The quantitative estimate of drug-likeness (QED) is 0.642. The lowest BCUT2D eigenvalue weighted by atomic mass is 10.1. The highest BCUT2D eigenvalue weighted by Gasteiger charge is 2.18. The lowest BCUT2D eigenvalue weighted by Gasteiger charge is -2.08. The Morgan fingerprint density at radius 2 is 1.76 bits per heavy atom. The molecule has 150 valence electrons. The van der Waals surface area contributed by atoms with Crippen LogP contribution in [0.15, 0.2) is 36.4 Å². The van der Waals surface area contributed by atoms with E-state index in [4.69, 9.17) is 15.2 Å². The summed E-state index contributed by atoms with van der Waals surface area (Å²) >= 11 is 1.29. The molecule has 2 amide bonds. The summed E-state index contributed by atoms with van der Waals surface area (Å²) in [7, 11) is 3.14. The molecule has 3 rings (SSSR count). The molecule has 0 radical (unpaired) electrons. The molecule has 0 aliphatic heterocycles. The van der Waals surface area contributed by atoms with Crippen molar-refractivity contribution in [3.63, 3.8) is 0 Å². The number of ether oxygens (including phenoxy) is 2. The lowest BCUT2D eigenvalue weighted by Crippen LogP contribution is -2.14. The number of methoxy groups -OCH3 is 2. The van der Waals surface area contributed by atoms with E-state index in [-0.39, 0.29) is 5.91 Å². The van der Waals surface area contributed by atoms with E-state index in [1.165, 1.54) is 11.3 Å². The minimum Gasteiger partial charge on any atom is -0.493 e. The van der Waals surface area contributed by atoms with Crippen molar-refractivity contribution < 1.29 is 19.1 Å². The van der Waals surface area contributed by atoms with Crippen molar-refractivity contribution in [2.75, 3.05) is 19.5 Å². The van der Waals surface area contributed by atoms with Crippen molar-refractivity contribution in [1.29, 1.82) is 0 Å². The fourth-order valence-corrected chi connectivity index (χ4v) is 3.86. The van der Waals surface area contributed by atoms with Crippen LogP contribution in [0, 0.1) is 13.8 Å². The maximum Gasteiger partial charge on any atom is 0.267 e. The van der Waals surface area contributed by atoms with Crippen LogP contribution >= 0.6 is 11.3 Å². The standard InChI is InChI=1S/C21H21N3O4S/c1-11-9-14(6-7-15(11)19(22)25)24-20(26)18-12(2)23-21(29-18)13-5-8-16(27-3)17(10-13)28-4/h5-10H,1-4H3,(H2,22,25)(H,24,26). The Balaban J connectivity index is 1.86. The number of rotatable bonds is 6.